The molecule has 20 heavy (non-hydrogen) atoms. The molecular weight excluding hydrogens is 326 g/mol. The standard InChI is InChI=1S/C14H16BrNO4/c1-9-3-2-8-16(13(9)14(18)19)12(17)7-5-10-4-6-11(15)20-10/h4-7,9,13H,2-3,8H2,1H3,(H,18,19)/b7-5+. The van der Waals surface area contributed by atoms with Crippen LogP contribution in [0.5, 0.6) is 0 Å². The summed E-state index contributed by atoms with van der Waals surface area (Å²) in [6.45, 7) is 2.35. The fraction of sp³-hybridized carbons (Fsp3) is 0.429. The molecule has 0 aromatic carbocycles. The topological polar surface area (TPSA) is 70.8 Å². The average Bonchev–Trinajstić information content (AvgIpc) is 2.81. The second kappa shape index (κ2) is 6.26. The van der Waals surface area contributed by atoms with Crippen molar-refractivity contribution >= 4 is 33.9 Å². The van der Waals surface area contributed by atoms with Crippen molar-refractivity contribution in [3.8, 4) is 0 Å². The van der Waals surface area contributed by atoms with Gasteiger partial charge >= 0.3 is 5.97 Å². The van der Waals surface area contributed by atoms with E-state index in [9.17, 15) is 14.7 Å². The lowest BCUT2D eigenvalue weighted by Gasteiger charge is -2.36. The zero-order chi connectivity index (χ0) is 14.7. The fourth-order valence-electron chi connectivity index (χ4n) is 2.48. The Hall–Kier alpha value is -1.56. The smallest absolute Gasteiger partial charge is 0.326 e. The number of furan rings is 1. The summed E-state index contributed by atoms with van der Waals surface area (Å²) in [6.07, 6.45) is 4.57. The van der Waals surface area contributed by atoms with Gasteiger partial charge in [0.05, 0.1) is 0 Å². The van der Waals surface area contributed by atoms with E-state index in [0.717, 1.165) is 12.8 Å². The number of aliphatic carboxylic acids is 1. The van der Waals surface area contributed by atoms with Gasteiger partial charge in [-0.15, -0.1) is 0 Å². The monoisotopic (exact) mass is 341 g/mol. The Morgan fingerprint density at radius 3 is 2.85 bits per heavy atom. The molecule has 6 heteroatoms. The molecule has 2 rings (SSSR count). The SMILES string of the molecule is CC1CCCN(C(=O)/C=C/c2ccc(Br)o2)C1C(=O)O. The van der Waals surface area contributed by atoms with Crippen LogP contribution in [-0.4, -0.2) is 34.5 Å². The number of halogens is 1. The van der Waals surface area contributed by atoms with Gasteiger partial charge in [0.25, 0.3) is 0 Å². The predicted molar refractivity (Wildman–Crippen MR) is 77.0 cm³/mol. The van der Waals surface area contributed by atoms with Gasteiger partial charge in [0.15, 0.2) is 4.67 Å². The van der Waals surface area contributed by atoms with Crippen molar-refractivity contribution in [2.45, 2.75) is 25.8 Å². The summed E-state index contributed by atoms with van der Waals surface area (Å²) in [7, 11) is 0. The molecule has 1 fully saturated rings. The number of amides is 1. The molecule has 2 heterocycles. The van der Waals surface area contributed by atoms with Crippen molar-refractivity contribution in [2.24, 2.45) is 5.92 Å². The minimum Gasteiger partial charge on any atom is -0.480 e. The maximum atomic E-state index is 12.2. The van der Waals surface area contributed by atoms with E-state index in [4.69, 9.17) is 4.42 Å². The van der Waals surface area contributed by atoms with E-state index in [-0.39, 0.29) is 11.8 Å². The van der Waals surface area contributed by atoms with Gasteiger partial charge in [-0.25, -0.2) is 4.79 Å². The Morgan fingerprint density at radius 2 is 2.25 bits per heavy atom. The van der Waals surface area contributed by atoms with E-state index in [1.165, 1.54) is 11.0 Å². The molecule has 1 aliphatic rings. The van der Waals surface area contributed by atoms with Gasteiger partial charge in [-0.05, 0) is 52.9 Å². The minimum absolute atomic E-state index is 0.0312. The number of hydrogen-bond donors (Lipinski definition) is 1. The molecule has 1 aromatic heterocycles. The summed E-state index contributed by atoms with van der Waals surface area (Å²) in [6, 6.07) is 2.71. The normalized spacial score (nSPS) is 23.2. The molecule has 2 unspecified atom stereocenters. The van der Waals surface area contributed by atoms with Gasteiger partial charge in [-0.2, -0.15) is 0 Å². The summed E-state index contributed by atoms with van der Waals surface area (Å²) in [5.74, 6) is -0.727. The molecule has 0 saturated carbocycles. The molecule has 2 atom stereocenters. The second-order valence-corrected chi connectivity index (χ2v) is 5.69. The third-order valence-corrected chi connectivity index (χ3v) is 3.88. The van der Waals surface area contributed by atoms with Crippen molar-refractivity contribution < 1.29 is 19.1 Å². The first kappa shape index (κ1) is 14.8. The summed E-state index contributed by atoms with van der Waals surface area (Å²) in [5, 5.41) is 9.27. The maximum absolute atomic E-state index is 12.2. The molecule has 0 aliphatic carbocycles. The number of carboxylic acid groups (broad SMARTS) is 1. The summed E-state index contributed by atoms with van der Waals surface area (Å²) in [4.78, 5) is 24.9. The predicted octanol–water partition coefficient (Wildman–Crippen LogP) is 2.77. The highest BCUT2D eigenvalue weighted by atomic mass is 79.9. The molecular formula is C14H16BrNO4. The lowest BCUT2D eigenvalue weighted by atomic mass is 9.90. The number of carboxylic acids is 1. The number of carbonyl (C=O) groups is 2. The van der Waals surface area contributed by atoms with Gasteiger partial charge in [-0.3, -0.25) is 4.79 Å². The zero-order valence-electron chi connectivity index (χ0n) is 11.1. The van der Waals surface area contributed by atoms with E-state index in [1.807, 2.05) is 6.92 Å². The third-order valence-electron chi connectivity index (χ3n) is 3.45. The minimum atomic E-state index is -0.945. The van der Waals surface area contributed by atoms with E-state index < -0.39 is 12.0 Å². The van der Waals surface area contributed by atoms with Crippen LogP contribution in [0.4, 0.5) is 0 Å². The highest BCUT2D eigenvalue weighted by Gasteiger charge is 2.36. The summed E-state index contributed by atoms with van der Waals surface area (Å²) in [5.41, 5.74) is 0. The van der Waals surface area contributed by atoms with Crippen LogP contribution in [0, 0.1) is 5.92 Å². The highest BCUT2D eigenvalue weighted by molar-refractivity contribution is 9.10. The first-order chi connectivity index (χ1) is 9.49. The Kier molecular flexibility index (Phi) is 4.65. The number of rotatable bonds is 3. The van der Waals surface area contributed by atoms with E-state index >= 15 is 0 Å². The Morgan fingerprint density at radius 1 is 1.50 bits per heavy atom. The molecule has 0 bridgehead atoms. The van der Waals surface area contributed by atoms with Crippen molar-refractivity contribution in [3.63, 3.8) is 0 Å². The molecule has 1 amide bonds. The van der Waals surface area contributed by atoms with Crippen LogP contribution in [0.15, 0.2) is 27.3 Å². The number of likely N-dealkylation sites (tertiary alicyclic amines) is 1. The third kappa shape index (κ3) is 3.30. The van der Waals surface area contributed by atoms with Crippen LogP contribution >= 0.6 is 15.9 Å². The van der Waals surface area contributed by atoms with Crippen molar-refractivity contribution in [3.05, 3.63) is 28.6 Å². The van der Waals surface area contributed by atoms with E-state index in [1.54, 1.807) is 18.2 Å². The van der Waals surface area contributed by atoms with Crippen LogP contribution < -0.4 is 0 Å². The van der Waals surface area contributed by atoms with Crippen LogP contribution in [0.2, 0.25) is 0 Å². The van der Waals surface area contributed by atoms with Crippen LogP contribution in [0.1, 0.15) is 25.5 Å². The molecule has 0 radical (unpaired) electrons. The van der Waals surface area contributed by atoms with Gasteiger partial charge in [-0.1, -0.05) is 6.92 Å². The second-order valence-electron chi connectivity index (χ2n) is 4.91. The van der Waals surface area contributed by atoms with Crippen molar-refractivity contribution in [1.82, 2.24) is 4.90 Å². The lowest BCUT2D eigenvalue weighted by molar-refractivity contribution is -0.152. The quantitative estimate of drug-likeness (QED) is 0.858. The average molecular weight is 342 g/mol. The first-order valence-corrected chi connectivity index (χ1v) is 7.25. The van der Waals surface area contributed by atoms with Gasteiger partial charge in [0.2, 0.25) is 5.91 Å². The summed E-state index contributed by atoms with van der Waals surface area (Å²) >= 11 is 3.18. The summed E-state index contributed by atoms with van der Waals surface area (Å²) < 4.78 is 5.84. The largest absolute Gasteiger partial charge is 0.480 e. The molecule has 1 aromatic rings. The number of piperidine rings is 1. The fourth-order valence-corrected chi connectivity index (χ4v) is 2.80. The van der Waals surface area contributed by atoms with Gasteiger partial charge in [0, 0.05) is 12.6 Å². The maximum Gasteiger partial charge on any atom is 0.326 e. The molecule has 0 spiro atoms. The Bertz CT molecular complexity index is 537. The first-order valence-electron chi connectivity index (χ1n) is 6.46. The van der Waals surface area contributed by atoms with E-state index in [0.29, 0.717) is 17.0 Å². The van der Waals surface area contributed by atoms with E-state index in [2.05, 4.69) is 15.9 Å². The highest BCUT2D eigenvalue weighted by Crippen LogP contribution is 2.24. The Labute approximate surface area is 125 Å². The van der Waals surface area contributed by atoms with Gasteiger partial charge < -0.3 is 14.4 Å². The molecule has 1 saturated heterocycles. The van der Waals surface area contributed by atoms with Crippen LogP contribution in [0.25, 0.3) is 6.08 Å². The number of carbonyl (C=O) groups excluding carboxylic acids is 1. The molecule has 1 N–H and O–H groups in total. The molecule has 5 nitrogen and oxygen atoms in total. The number of nitrogens with zero attached hydrogens (tertiary/aromatic N) is 1. The Balaban J connectivity index is 2.10. The number of hydrogen-bond acceptors (Lipinski definition) is 3. The van der Waals surface area contributed by atoms with Gasteiger partial charge in [0.1, 0.15) is 11.8 Å². The van der Waals surface area contributed by atoms with Crippen LogP contribution in [0.3, 0.4) is 0 Å². The van der Waals surface area contributed by atoms with Crippen molar-refractivity contribution in [1.29, 1.82) is 0 Å². The van der Waals surface area contributed by atoms with Crippen molar-refractivity contribution in [2.75, 3.05) is 6.54 Å². The molecule has 108 valence electrons. The lowest BCUT2D eigenvalue weighted by Crippen LogP contribution is -2.51. The van der Waals surface area contributed by atoms with Crippen LogP contribution in [-0.2, 0) is 9.59 Å². The molecule has 1 aliphatic heterocycles. The zero-order valence-corrected chi connectivity index (χ0v) is 12.7.